The molecule has 0 saturated heterocycles. The Hall–Kier alpha value is -3.44. The van der Waals surface area contributed by atoms with E-state index in [9.17, 15) is 9.59 Å². The van der Waals surface area contributed by atoms with E-state index in [1.165, 1.54) is 0 Å². The molecule has 5 nitrogen and oxygen atoms in total. The summed E-state index contributed by atoms with van der Waals surface area (Å²) in [6.45, 7) is 1.81. The van der Waals surface area contributed by atoms with E-state index in [2.05, 4.69) is 5.32 Å². The molecule has 1 amide bonds. The zero-order valence-electron chi connectivity index (χ0n) is 14.9. The molecule has 27 heavy (non-hydrogen) atoms. The van der Waals surface area contributed by atoms with Crippen molar-refractivity contribution in [1.29, 1.82) is 0 Å². The highest BCUT2D eigenvalue weighted by Crippen LogP contribution is 2.23. The molecular weight excluding hydrogens is 340 g/mol. The second-order valence-corrected chi connectivity index (χ2v) is 6.25. The summed E-state index contributed by atoms with van der Waals surface area (Å²) >= 11 is 0. The van der Waals surface area contributed by atoms with Crippen LogP contribution in [-0.4, -0.2) is 16.8 Å². The van der Waals surface area contributed by atoms with E-state index in [1.54, 1.807) is 54.6 Å². The Bertz CT molecular complexity index is 957. The standard InChI is InChI=1S/C22H20N2O3/c1-14-3-2-4-19(23)20(14)24-22(27)18-11-9-17(10-12-18)21(26)16-7-5-15(13-25)6-8-16/h2-12,25H,13,23H2,1H3,(H,24,27). The smallest absolute Gasteiger partial charge is 0.255 e. The summed E-state index contributed by atoms with van der Waals surface area (Å²) < 4.78 is 0. The number of benzene rings is 3. The Balaban J connectivity index is 1.76. The van der Waals surface area contributed by atoms with Crippen molar-refractivity contribution < 1.29 is 14.7 Å². The van der Waals surface area contributed by atoms with Crippen LogP contribution >= 0.6 is 0 Å². The Kier molecular flexibility index (Phi) is 5.33. The highest BCUT2D eigenvalue weighted by molar-refractivity contribution is 6.10. The first-order chi connectivity index (χ1) is 13.0. The van der Waals surface area contributed by atoms with E-state index in [4.69, 9.17) is 10.8 Å². The zero-order valence-corrected chi connectivity index (χ0v) is 14.9. The number of ketones is 1. The fourth-order valence-electron chi connectivity index (χ4n) is 2.75. The minimum absolute atomic E-state index is 0.0658. The number of nitrogens with one attached hydrogen (secondary N) is 1. The first-order valence-corrected chi connectivity index (χ1v) is 8.50. The first kappa shape index (κ1) is 18.4. The van der Waals surface area contributed by atoms with Gasteiger partial charge in [-0.2, -0.15) is 0 Å². The summed E-state index contributed by atoms with van der Waals surface area (Å²) in [6, 6.07) is 18.7. The maximum atomic E-state index is 12.5. The molecule has 0 saturated carbocycles. The van der Waals surface area contributed by atoms with Gasteiger partial charge in [0.15, 0.2) is 5.78 Å². The molecule has 0 aliphatic heterocycles. The van der Waals surface area contributed by atoms with Gasteiger partial charge in [0.2, 0.25) is 0 Å². The van der Waals surface area contributed by atoms with Crippen molar-refractivity contribution in [3.05, 3.63) is 94.5 Å². The van der Waals surface area contributed by atoms with Crippen LogP contribution in [-0.2, 0) is 6.61 Å². The number of nitrogen functional groups attached to an aromatic ring is 1. The summed E-state index contributed by atoms with van der Waals surface area (Å²) in [6.07, 6.45) is 0. The average molecular weight is 360 g/mol. The van der Waals surface area contributed by atoms with E-state index in [1.807, 2.05) is 19.1 Å². The molecule has 0 fully saturated rings. The first-order valence-electron chi connectivity index (χ1n) is 8.50. The number of amides is 1. The molecule has 3 aromatic rings. The molecular formula is C22H20N2O3. The Morgan fingerprint density at radius 2 is 1.44 bits per heavy atom. The zero-order chi connectivity index (χ0) is 19.4. The van der Waals surface area contributed by atoms with E-state index in [0.717, 1.165) is 11.1 Å². The lowest BCUT2D eigenvalue weighted by atomic mass is 10.0. The van der Waals surface area contributed by atoms with Crippen LogP contribution in [0.15, 0.2) is 66.7 Å². The number of para-hydroxylation sites is 1. The third kappa shape index (κ3) is 4.04. The molecule has 0 spiro atoms. The van der Waals surface area contributed by atoms with Crippen molar-refractivity contribution in [2.45, 2.75) is 13.5 Å². The second kappa shape index (κ2) is 7.85. The number of aliphatic hydroxyl groups is 1. The van der Waals surface area contributed by atoms with Crippen molar-refractivity contribution in [2.24, 2.45) is 0 Å². The van der Waals surface area contributed by atoms with Crippen LogP contribution in [0.2, 0.25) is 0 Å². The monoisotopic (exact) mass is 360 g/mol. The van der Waals surface area contributed by atoms with Crippen LogP contribution in [0.5, 0.6) is 0 Å². The minimum Gasteiger partial charge on any atom is -0.397 e. The molecule has 0 heterocycles. The Morgan fingerprint density at radius 1 is 0.889 bits per heavy atom. The number of aryl methyl sites for hydroxylation is 1. The summed E-state index contributed by atoms with van der Waals surface area (Å²) in [5.74, 6) is -0.433. The van der Waals surface area contributed by atoms with E-state index in [-0.39, 0.29) is 18.3 Å². The van der Waals surface area contributed by atoms with Crippen molar-refractivity contribution >= 4 is 23.1 Å². The largest absolute Gasteiger partial charge is 0.397 e. The number of anilines is 2. The number of carbonyl (C=O) groups excluding carboxylic acids is 2. The van der Waals surface area contributed by atoms with Crippen molar-refractivity contribution in [3.63, 3.8) is 0 Å². The van der Waals surface area contributed by atoms with Gasteiger partial charge in [0.1, 0.15) is 0 Å². The molecule has 4 N–H and O–H groups in total. The van der Waals surface area contributed by atoms with Gasteiger partial charge in [0, 0.05) is 16.7 Å². The average Bonchev–Trinajstić information content (AvgIpc) is 2.70. The van der Waals surface area contributed by atoms with Crippen LogP contribution in [0.25, 0.3) is 0 Å². The van der Waals surface area contributed by atoms with Crippen molar-refractivity contribution in [3.8, 4) is 0 Å². The number of rotatable bonds is 5. The third-order valence-corrected chi connectivity index (χ3v) is 4.35. The Labute approximate surface area is 157 Å². The lowest BCUT2D eigenvalue weighted by Gasteiger charge is -2.11. The topological polar surface area (TPSA) is 92.4 Å². The molecule has 0 unspecified atom stereocenters. The number of hydrogen-bond acceptors (Lipinski definition) is 4. The third-order valence-electron chi connectivity index (χ3n) is 4.35. The highest BCUT2D eigenvalue weighted by atomic mass is 16.3. The summed E-state index contributed by atoms with van der Waals surface area (Å²) in [5, 5.41) is 11.9. The molecule has 0 aromatic heterocycles. The normalized spacial score (nSPS) is 10.4. The van der Waals surface area contributed by atoms with E-state index < -0.39 is 0 Å². The molecule has 0 aliphatic rings. The van der Waals surface area contributed by atoms with Gasteiger partial charge >= 0.3 is 0 Å². The van der Waals surface area contributed by atoms with Gasteiger partial charge in [-0.15, -0.1) is 0 Å². The summed E-state index contributed by atoms with van der Waals surface area (Å²) in [7, 11) is 0. The van der Waals surface area contributed by atoms with Gasteiger partial charge in [-0.25, -0.2) is 0 Å². The molecule has 0 atom stereocenters. The maximum Gasteiger partial charge on any atom is 0.255 e. The van der Waals surface area contributed by atoms with Gasteiger partial charge in [0.05, 0.1) is 18.0 Å². The van der Waals surface area contributed by atoms with Gasteiger partial charge in [-0.1, -0.05) is 48.5 Å². The van der Waals surface area contributed by atoms with Gasteiger partial charge in [-0.3, -0.25) is 9.59 Å². The molecule has 5 heteroatoms. The maximum absolute atomic E-state index is 12.5. The molecule has 3 aromatic carbocycles. The highest BCUT2D eigenvalue weighted by Gasteiger charge is 2.13. The number of aliphatic hydroxyl groups excluding tert-OH is 1. The summed E-state index contributed by atoms with van der Waals surface area (Å²) in [4.78, 5) is 25.0. The van der Waals surface area contributed by atoms with Gasteiger partial charge in [0.25, 0.3) is 5.91 Å². The number of nitrogens with two attached hydrogens (primary N) is 1. The van der Waals surface area contributed by atoms with Crippen LogP contribution in [0.4, 0.5) is 11.4 Å². The molecule has 0 aliphatic carbocycles. The molecule has 136 valence electrons. The number of hydrogen-bond donors (Lipinski definition) is 3. The van der Waals surface area contributed by atoms with Crippen molar-refractivity contribution in [1.82, 2.24) is 0 Å². The molecule has 0 bridgehead atoms. The second-order valence-electron chi connectivity index (χ2n) is 6.25. The predicted octanol–water partition coefficient (Wildman–Crippen LogP) is 3.55. The van der Waals surface area contributed by atoms with Crippen molar-refractivity contribution in [2.75, 3.05) is 11.1 Å². The SMILES string of the molecule is Cc1cccc(N)c1NC(=O)c1ccc(C(=O)c2ccc(CO)cc2)cc1. The quantitative estimate of drug-likeness (QED) is 0.479. The van der Waals surface area contributed by atoms with Crippen LogP contribution < -0.4 is 11.1 Å². The van der Waals surface area contributed by atoms with E-state index >= 15 is 0 Å². The Morgan fingerprint density at radius 3 is 2.00 bits per heavy atom. The summed E-state index contributed by atoms with van der Waals surface area (Å²) in [5.41, 5.74) is 10.1. The van der Waals surface area contributed by atoms with E-state index in [0.29, 0.717) is 28.1 Å². The van der Waals surface area contributed by atoms with Gasteiger partial charge < -0.3 is 16.2 Å². The fourth-order valence-corrected chi connectivity index (χ4v) is 2.75. The van der Waals surface area contributed by atoms with Crippen LogP contribution in [0.3, 0.4) is 0 Å². The molecule has 0 radical (unpaired) electrons. The van der Waals surface area contributed by atoms with Crippen LogP contribution in [0, 0.1) is 6.92 Å². The van der Waals surface area contributed by atoms with Gasteiger partial charge in [-0.05, 0) is 36.2 Å². The fraction of sp³-hybridized carbons (Fsp3) is 0.0909. The molecule has 3 rings (SSSR count). The van der Waals surface area contributed by atoms with Crippen LogP contribution in [0.1, 0.15) is 37.4 Å². The minimum atomic E-state index is -0.290. The lowest BCUT2D eigenvalue weighted by Crippen LogP contribution is -2.14. The lowest BCUT2D eigenvalue weighted by molar-refractivity contribution is 0.102. The number of carbonyl (C=O) groups is 2. The predicted molar refractivity (Wildman–Crippen MR) is 106 cm³/mol.